The number of rotatable bonds is 1. The number of nitriles is 2. The SMILES string of the molecule is C.CC(C)(C)OC(=O)N1CCC(I)CC1.CC(C)(C)OC(=O)N1CCC(c2ccc(C#N)cn2)CC1.N#Cc1ccc(Br)nc1. The molecule has 0 N–H and O–H groups in total. The highest BCUT2D eigenvalue weighted by atomic mass is 127. The average Bonchev–Trinajstić information content (AvgIpc) is 2.97. The van der Waals surface area contributed by atoms with Crippen LogP contribution in [-0.2, 0) is 9.47 Å². The van der Waals surface area contributed by atoms with Gasteiger partial charge in [0.25, 0.3) is 0 Å². The molecular weight excluding hydrogens is 751 g/mol. The lowest BCUT2D eigenvalue weighted by atomic mass is 9.93. The number of amides is 2. The van der Waals surface area contributed by atoms with Gasteiger partial charge in [-0.25, -0.2) is 14.6 Å². The number of alkyl halides is 1. The molecule has 0 saturated carbocycles. The summed E-state index contributed by atoms with van der Waals surface area (Å²) in [6.45, 7) is 14.4. The highest BCUT2D eigenvalue weighted by Gasteiger charge is 2.28. The van der Waals surface area contributed by atoms with E-state index in [1.165, 1.54) is 6.20 Å². The highest BCUT2D eigenvalue weighted by Crippen LogP contribution is 2.27. The van der Waals surface area contributed by atoms with Crippen LogP contribution in [-0.4, -0.2) is 73.3 Å². The Morgan fingerprint density at radius 2 is 1.22 bits per heavy atom. The molecular formula is C33H46BrIN6O4. The summed E-state index contributed by atoms with van der Waals surface area (Å²) in [5.74, 6) is 0.344. The Kier molecular flexibility index (Phi) is 16.8. The predicted molar refractivity (Wildman–Crippen MR) is 187 cm³/mol. The first-order chi connectivity index (χ1) is 20.6. The van der Waals surface area contributed by atoms with E-state index in [2.05, 4.69) is 54.6 Å². The first kappa shape index (κ1) is 40.1. The van der Waals surface area contributed by atoms with Gasteiger partial charge in [-0.3, -0.25) is 4.98 Å². The molecule has 0 spiro atoms. The summed E-state index contributed by atoms with van der Waals surface area (Å²) in [7, 11) is 0. The number of likely N-dealkylation sites (tertiary alicyclic amines) is 2. The molecule has 0 atom stereocenters. The van der Waals surface area contributed by atoms with Crippen LogP contribution in [0.3, 0.4) is 0 Å². The van der Waals surface area contributed by atoms with E-state index < -0.39 is 5.60 Å². The van der Waals surface area contributed by atoms with Gasteiger partial charge in [0.1, 0.15) is 27.9 Å². The second-order valence-electron chi connectivity index (χ2n) is 12.4. The van der Waals surface area contributed by atoms with Gasteiger partial charge in [-0.05, 0) is 107 Å². The molecule has 0 aliphatic carbocycles. The van der Waals surface area contributed by atoms with Crippen LogP contribution < -0.4 is 0 Å². The number of ether oxygens (including phenoxy) is 2. The smallest absolute Gasteiger partial charge is 0.410 e. The molecule has 12 heteroatoms. The van der Waals surface area contributed by atoms with Gasteiger partial charge in [-0.2, -0.15) is 10.5 Å². The third kappa shape index (κ3) is 15.7. The maximum atomic E-state index is 12.0. The van der Waals surface area contributed by atoms with Crippen LogP contribution in [0.15, 0.2) is 41.3 Å². The molecule has 2 saturated heterocycles. The van der Waals surface area contributed by atoms with Crippen LogP contribution in [0.25, 0.3) is 0 Å². The molecule has 2 aromatic rings. The number of hydrogen-bond acceptors (Lipinski definition) is 8. The van der Waals surface area contributed by atoms with E-state index in [1.807, 2.05) is 53.7 Å². The number of piperidine rings is 2. The minimum absolute atomic E-state index is 0. The zero-order valence-electron chi connectivity index (χ0n) is 26.3. The van der Waals surface area contributed by atoms with Gasteiger partial charge in [-0.15, -0.1) is 0 Å². The van der Waals surface area contributed by atoms with Crippen molar-refractivity contribution in [1.29, 1.82) is 10.5 Å². The Bertz CT molecular complexity index is 1280. The normalized spacial score (nSPS) is 15.4. The zero-order valence-corrected chi connectivity index (χ0v) is 30.1. The molecule has 0 radical (unpaired) electrons. The van der Waals surface area contributed by atoms with Gasteiger partial charge in [0.15, 0.2) is 0 Å². The molecule has 2 amide bonds. The summed E-state index contributed by atoms with van der Waals surface area (Å²) in [6, 6.07) is 11.2. The summed E-state index contributed by atoms with van der Waals surface area (Å²) < 4.78 is 12.1. The lowest BCUT2D eigenvalue weighted by Crippen LogP contribution is -2.41. The Morgan fingerprint density at radius 3 is 1.58 bits per heavy atom. The Hall–Kier alpha value is -2.97. The molecule has 246 valence electrons. The van der Waals surface area contributed by atoms with Crippen LogP contribution in [0, 0.1) is 22.7 Å². The van der Waals surface area contributed by atoms with E-state index in [-0.39, 0.29) is 25.2 Å². The van der Waals surface area contributed by atoms with E-state index in [0.29, 0.717) is 34.1 Å². The van der Waals surface area contributed by atoms with Gasteiger partial charge >= 0.3 is 12.2 Å². The van der Waals surface area contributed by atoms with E-state index in [9.17, 15) is 9.59 Å². The third-order valence-electron chi connectivity index (χ3n) is 6.41. The number of nitrogens with zero attached hydrogens (tertiary/aromatic N) is 6. The molecule has 2 aliphatic rings. The largest absolute Gasteiger partial charge is 0.444 e. The maximum absolute atomic E-state index is 12.0. The molecule has 45 heavy (non-hydrogen) atoms. The second-order valence-corrected chi connectivity index (χ2v) is 15.0. The van der Waals surface area contributed by atoms with Crippen molar-refractivity contribution in [2.45, 2.75) is 95.7 Å². The Morgan fingerprint density at radius 1 is 0.800 bits per heavy atom. The van der Waals surface area contributed by atoms with Crippen LogP contribution in [0.5, 0.6) is 0 Å². The van der Waals surface area contributed by atoms with Crippen LogP contribution >= 0.6 is 38.5 Å². The van der Waals surface area contributed by atoms with E-state index in [1.54, 1.807) is 34.2 Å². The fraction of sp³-hybridized carbons (Fsp3) is 0.576. The van der Waals surface area contributed by atoms with Crippen LogP contribution in [0.4, 0.5) is 9.59 Å². The number of carbonyl (C=O) groups is 2. The predicted octanol–water partition coefficient (Wildman–Crippen LogP) is 8.24. The minimum atomic E-state index is -0.456. The van der Waals surface area contributed by atoms with E-state index in [0.717, 1.165) is 49.1 Å². The summed E-state index contributed by atoms with van der Waals surface area (Å²) in [5, 5.41) is 17.1. The molecule has 2 aliphatic heterocycles. The summed E-state index contributed by atoms with van der Waals surface area (Å²) in [4.78, 5) is 35.4. The lowest BCUT2D eigenvalue weighted by Gasteiger charge is -2.33. The summed E-state index contributed by atoms with van der Waals surface area (Å²) >= 11 is 5.59. The van der Waals surface area contributed by atoms with Crippen molar-refractivity contribution in [1.82, 2.24) is 19.8 Å². The van der Waals surface area contributed by atoms with Gasteiger partial charge in [0.2, 0.25) is 0 Å². The fourth-order valence-corrected chi connectivity index (χ4v) is 4.99. The summed E-state index contributed by atoms with van der Waals surface area (Å²) in [6.07, 6.45) is 6.63. The van der Waals surface area contributed by atoms with Gasteiger partial charge in [0.05, 0.1) is 11.1 Å². The maximum Gasteiger partial charge on any atom is 0.410 e. The molecule has 4 rings (SSSR count). The highest BCUT2D eigenvalue weighted by molar-refractivity contribution is 14.1. The van der Waals surface area contributed by atoms with Crippen molar-refractivity contribution in [3.8, 4) is 12.1 Å². The zero-order chi connectivity index (χ0) is 32.9. The number of pyridine rings is 2. The molecule has 0 aromatic carbocycles. The fourth-order valence-electron chi connectivity index (χ4n) is 4.20. The molecule has 10 nitrogen and oxygen atoms in total. The van der Waals surface area contributed by atoms with Gasteiger partial charge in [-0.1, -0.05) is 30.0 Å². The Labute approximate surface area is 290 Å². The standard InChI is InChI=1S/C16H21N3O2.C10H18INO2.C6H3BrN2.CH4/c1-16(2,3)21-15(20)19-8-6-13(7-9-19)14-5-4-12(10-17)11-18-14;1-10(2,3)14-9(13)12-6-4-8(11)5-7-12;7-6-2-1-5(3-8)4-9-6;/h4-5,11,13H,6-9H2,1-3H3;8H,4-7H2,1-3H3;1-2,4H;1H4. The molecule has 0 bridgehead atoms. The number of halogens is 2. The minimum Gasteiger partial charge on any atom is -0.444 e. The van der Waals surface area contributed by atoms with E-state index in [4.69, 9.17) is 20.0 Å². The average molecular weight is 798 g/mol. The lowest BCUT2D eigenvalue weighted by molar-refractivity contribution is 0.0199. The van der Waals surface area contributed by atoms with Crippen molar-refractivity contribution < 1.29 is 19.1 Å². The molecule has 2 fully saturated rings. The summed E-state index contributed by atoms with van der Waals surface area (Å²) in [5.41, 5.74) is 1.32. The topological polar surface area (TPSA) is 132 Å². The quantitative estimate of drug-likeness (QED) is 0.160. The third-order valence-corrected chi connectivity index (χ3v) is 8.13. The first-order valence-electron chi connectivity index (χ1n) is 14.6. The first-order valence-corrected chi connectivity index (χ1v) is 16.6. The van der Waals surface area contributed by atoms with Gasteiger partial charge < -0.3 is 19.3 Å². The second kappa shape index (κ2) is 18.9. The van der Waals surface area contributed by atoms with Gasteiger partial charge in [0, 0.05) is 54.1 Å². The molecule has 2 aromatic heterocycles. The van der Waals surface area contributed by atoms with Crippen molar-refractivity contribution in [3.05, 3.63) is 58.1 Å². The molecule has 0 unspecified atom stereocenters. The molecule has 4 heterocycles. The number of carbonyl (C=O) groups excluding carboxylic acids is 2. The van der Waals surface area contributed by atoms with Crippen LogP contribution in [0.2, 0.25) is 0 Å². The van der Waals surface area contributed by atoms with Crippen LogP contribution in [0.1, 0.15) is 97.4 Å². The monoisotopic (exact) mass is 796 g/mol. The van der Waals surface area contributed by atoms with Crippen molar-refractivity contribution in [3.63, 3.8) is 0 Å². The Balaban J connectivity index is 0.000000364. The number of hydrogen-bond donors (Lipinski definition) is 0. The van der Waals surface area contributed by atoms with Crippen molar-refractivity contribution >= 4 is 50.7 Å². The van der Waals surface area contributed by atoms with Crippen molar-refractivity contribution in [2.24, 2.45) is 0 Å². The van der Waals surface area contributed by atoms with E-state index >= 15 is 0 Å². The van der Waals surface area contributed by atoms with Crippen molar-refractivity contribution in [2.75, 3.05) is 26.2 Å². The number of aromatic nitrogens is 2.